The van der Waals surface area contributed by atoms with Crippen molar-refractivity contribution < 1.29 is 4.79 Å². The molecule has 1 saturated heterocycles. The Morgan fingerprint density at radius 1 is 1.00 bits per heavy atom. The second-order valence-corrected chi connectivity index (χ2v) is 7.13. The van der Waals surface area contributed by atoms with Gasteiger partial charge in [0.1, 0.15) is 5.65 Å². The highest BCUT2D eigenvalue weighted by atomic mass is 35.5. The molecule has 6 heteroatoms. The highest BCUT2D eigenvalue weighted by Gasteiger charge is 2.22. The summed E-state index contributed by atoms with van der Waals surface area (Å²) in [6.07, 6.45) is 4.28. The number of carbonyl (C=O) groups is 1. The van der Waals surface area contributed by atoms with Gasteiger partial charge in [0.15, 0.2) is 0 Å². The molecule has 2 aromatic heterocycles. The van der Waals surface area contributed by atoms with Crippen LogP contribution in [-0.2, 0) is 11.2 Å². The molecule has 3 aromatic rings. The van der Waals surface area contributed by atoms with Gasteiger partial charge in [-0.15, -0.1) is 0 Å². The minimum atomic E-state index is 0.134. The van der Waals surface area contributed by atoms with Crippen LogP contribution in [0.5, 0.6) is 0 Å². The third-order valence-electron chi connectivity index (χ3n) is 4.58. The van der Waals surface area contributed by atoms with Crippen LogP contribution >= 0.6 is 23.2 Å². The van der Waals surface area contributed by atoms with Gasteiger partial charge in [-0.2, -0.15) is 0 Å². The number of likely N-dealkylation sites (tertiary alicyclic amines) is 1. The van der Waals surface area contributed by atoms with Crippen molar-refractivity contribution in [2.24, 2.45) is 0 Å². The van der Waals surface area contributed by atoms with Crippen LogP contribution in [0.4, 0.5) is 0 Å². The highest BCUT2D eigenvalue weighted by Crippen LogP contribution is 2.28. The van der Waals surface area contributed by atoms with Crippen LogP contribution in [-0.4, -0.2) is 33.3 Å². The molecule has 128 valence electrons. The summed E-state index contributed by atoms with van der Waals surface area (Å²) in [4.78, 5) is 19.4. The molecule has 4 nitrogen and oxygen atoms in total. The van der Waals surface area contributed by atoms with Gasteiger partial charge in [-0.1, -0.05) is 35.3 Å². The molecule has 0 saturated carbocycles. The largest absolute Gasteiger partial charge is 0.342 e. The van der Waals surface area contributed by atoms with Gasteiger partial charge in [0, 0.05) is 29.9 Å². The zero-order valence-corrected chi connectivity index (χ0v) is 15.1. The minimum Gasteiger partial charge on any atom is -0.342 e. The number of pyridine rings is 1. The summed E-state index contributed by atoms with van der Waals surface area (Å²) < 4.78 is 1.92. The monoisotopic (exact) mass is 373 g/mol. The Kier molecular flexibility index (Phi) is 4.40. The Morgan fingerprint density at radius 2 is 1.68 bits per heavy atom. The number of rotatable bonds is 3. The summed E-state index contributed by atoms with van der Waals surface area (Å²) in [7, 11) is 0. The predicted molar refractivity (Wildman–Crippen MR) is 100 cm³/mol. The number of hydrogen-bond donors (Lipinski definition) is 0. The SMILES string of the molecule is O=C(Cc1c(-c2ccc(Cl)cc2)nc2ccc(Cl)cn12)N1CCCC1. The second-order valence-electron chi connectivity index (χ2n) is 6.25. The average molecular weight is 374 g/mol. The maximum atomic E-state index is 12.7. The molecule has 0 aliphatic carbocycles. The molecule has 1 aliphatic rings. The van der Waals surface area contributed by atoms with Gasteiger partial charge in [-0.25, -0.2) is 4.98 Å². The first-order chi connectivity index (χ1) is 12.1. The molecule has 4 rings (SSSR count). The number of carbonyl (C=O) groups excluding carboxylic acids is 1. The summed E-state index contributed by atoms with van der Waals surface area (Å²) in [6.45, 7) is 1.68. The first-order valence-corrected chi connectivity index (χ1v) is 9.07. The van der Waals surface area contributed by atoms with E-state index in [9.17, 15) is 4.79 Å². The van der Waals surface area contributed by atoms with Gasteiger partial charge in [-0.05, 0) is 37.1 Å². The van der Waals surface area contributed by atoms with Gasteiger partial charge in [0.05, 0.1) is 22.8 Å². The van der Waals surface area contributed by atoms with E-state index in [4.69, 9.17) is 28.2 Å². The average Bonchev–Trinajstić information content (AvgIpc) is 3.24. The lowest BCUT2D eigenvalue weighted by Crippen LogP contribution is -2.29. The summed E-state index contributed by atoms with van der Waals surface area (Å²) >= 11 is 12.2. The zero-order valence-electron chi connectivity index (χ0n) is 13.6. The van der Waals surface area contributed by atoms with Crippen LogP contribution in [0.15, 0.2) is 42.6 Å². The van der Waals surface area contributed by atoms with E-state index in [0.29, 0.717) is 16.5 Å². The van der Waals surface area contributed by atoms with Crippen LogP contribution in [0.3, 0.4) is 0 Å². The third kappa shape index (κ3) is 3.24. The molecule has 1 aliphatic heterocycles. The molecule has 1 aromatic carbocycles. The van der Waals surface area contributed by atoms with Gasteiger partial charge in [0.25, 0.3) is 0 Å². The molecule has 25 heavy (non-hydrogen) atoms. The van der Waals surface area contributed by atoms with Crippen LogP contribution in [0.1, 0.15) is 18.5 Å². The Bertz CT molecular complexity index is 928. The molecule has 0 radical (unpaired) electrons. The van der Waals surface area contributed by atoms with Crippen molar-refractivity contribution in [1.29, 1.82) is 0 Å². The normalized spacial score (nSPS) is 14.4. The quantitative estimate of drug-likeness (QED) is 0.678. The maximum absolute atomic E-state index is 12.7. The first kappa shape index (κ1) is 16.4. The lowest BCUT2D eigenvalue weighted by atomic mass is 10.1. The summed E-state index contributed by atoms with van der Waals surface area (Å²) in [5.74, 6) is 0.134. The number of nitrogens with zero attached hydrogens (tertiary/aromatic N) is 3. The molecular weight excluding hydrogens is 357 g/mol. The molecule has 0 bridgehead atoms. The Hall–Kier alpha value is -2.04. The molecule has 0 spiro atoms. The topological polar surface area (TPSA) is 37.6 Å². The minimum absolute atomic E-state index is 0.134. The van der Waals surface area contributed by atoms with E-state index in [2.05, 4.69) is 0 Å². The van der Waals surface area contributed by atoms with Crippen molar-refractivity contribution >= 4 is 34.8 Å². The van der Waals surface area contributed by atoms with Crippen molar-refractivity contribution in [1.82, 2.24) is 14.3 Å². The van der Waals surface area contributed by atoms with Gasteiger partial charge < -0.3 is 9.30 Å². The van der Waals surface area contributed by atoms with Crippen LogP contribution in [0, 0.1) is 0 Å². The van der Waals surface area contributed by atoms with Gasteiger partial charge >= 0.3 is 0 Å². The maximum Gasteiger partial charge on any atom is 0.228 e. The van der Waals surface area contributed by atoms with E-state index in [1.165, 1.54) is 0 Å². The van der Waals surface area contributed by atoms with E-state index in [1.54, 1.807) is 0 Å². The number of halogens is 2. The number of fused-ring (bicyclic) bond motifs is 1. The van der Waals surface area contributed by atoms with Crippen molar-refractivity contribution in [3.63, 3.8) is 0 Å². The number of imidazole rings is 1. The van der Waals surface area contributed by atoms with Crippen molar-refractivity contribution in [3.8, 4) is 11.3 Å². The number of amides is 1. The van der Waals surface area contributed by atoms with E-state index in [-0.39, 0.29) is 5.91 Å². The fraction of sp³-hybridized carbons (Fsp3) is 0.263. The van der Waals surface area contributed by atoms with Gasteiger partial charge in [0.2, 0.25) is 5.91 Å². The van der Waals surface area contributed by atoms with E-state index in [0.717, 1.165) is 48.5 Å². The lowest BCUT2D eigenvalue weighted by Gasteiger charge is -2.15. The third-order valence-corrected chi connectivity index (χ3v) is 5.05. The number of hydrogen-bond acceptors (Lipinski definition) is 2. The van der Waals surface area contributed by atoms with Crippen LogP contribution in [0.25, 0.3) is 16.9 Å². The van der Waals surface area contributed by atoms with E-state index < -0.39 is 0 Å². The molecule has 0 unspecified atom stereocenters. The molecular formula is C19H17Cl2N3O. The van der Waals surface area contributed by atoms with Gasteiger partial charge in [-0.3, -0.25) is 4.79 Å². The Labute approximate surface area is 156 Å². The fourth-order valence-corrected chi connectivity index (χ4v) is 3.58. The first-order valence-electron chi connectivity index (χ1n) is 8.32. The lowest BCUT2D eigenvalue weighted by molar-refractivity contribution is -0.129. The van der Waals surface area contributed by atoms with Crippen molar-refractivity contribution in [3.05, 3.63) is 58.3 Å². The summed E-state index contributed by atoms with van der Waals surface area (Å²) in [6, 6.07) is 11.2. The van der Waals surface area contributed by atoms with Crippen LogP contribution in [0.2, 0.25) is 10.0 Å². The highest BCUT2D eigenvalue weighted by molar-refractivity contribution is 6.30. The molecule has 0 atom stereocenters. The zero-order chi connectivity index (χ0) is 17.4. The Balaban J connectivity index is 1.80. The van der Waals surface area contributed by atoms with Crippen molar-refractivity contribution in [2.45, 2.75) is 19.3 Å². The van der Waals surface area contributed by atoms with E-state index in [1.807, 2.05) is 51.9 Å². The Morgan fingerprint density at radius 3 is 2.40 bits per heavy atom. The standard InChI is InChI=1S/C19H17Cl2N3O/c20-14-5-3-13(4-6-14)19-16(11-18(25)23-9-1-2-10-23)24-12-15(21)7-8-17(24)22-19/h3-8,12H,1-2,9-11H2. The molecule has 0 N–H and O–H groups in total. The molecule has 3 heterocycles. The number of benzene rings is 1. The van der Waals surface area contributed by atoms with Crippen LogP contribution < -0.4 is 0 Å². The van der Waals surface area contributed by atoms with Crippen molar-refractivity contribution in [2.75, 3.05) is 13.1 Å². The summed E-state index contributed by atoms with van der Waals surface area (Å²) in [5, 5.41) is 1.28. The predicted octanol–water partition coefficient (Wildman–Crippen LogP) is 4.47. The van der Waals surface area contributed by atoms with E-state index >= 15 is 0 Å². The molecule has 1 amide bonds. The summed E-state index contributed by atoms with van der Waals surface area (Å²) in [5.41, 5.74) is 3.37. The smallest absolute Gasteiger partial charge is 0.228 e. The second kappa shape index (κ2) is 6.70. The number of aromatic nitrogens is 2. The fourth-order valence-electron chi connectivity index (χ4n) is 3.30. The molecule has 1 fully saturated rings.